The van der Waals surface area contributed by atoms with Gasteiger partial charge in [0.05, 0.1) is 0 Å². The first-order chi connectivity index (χ1) is 11.0. The summed E-state index contributed by atoms with van der Waals surface area (Å²) in [5, 5.41) is 9.55. The molecule has 23 heavy (non-hydrogen) atoms. The van der Waals surface area contributed by atoms with E-state index in [4.69, 9.17) is 4.74 Å². The van der Waals surface area contributed by atoms with Crippen molar-refractivity contribution in [1.82, 2.24) is 4.57 Å². The monoisotopic (exact) mass is 315 g/mol. The molecule has 0 saturated carbocycles. The van der Waals surface area contributed by atoms with Crippen LogP contribution in [-0.4, -0.2) is 15.6 Å². The molecule has 0 aliphatic heterocycles. The van der Waals surface area contributed by atoms with E-state index < -0.39 is 11.4 Å². The standard InChI is InChI=1S/C18H21NO4/c1-3-4-10-19-13(2)11-15(20)17(16(19)18(21)22)23-12-14-8-6-5-7-9-14/h5-9,11H,3-4,10,12H2,1-2H3,(H,21,22). The maximum absolute atomic E-state index is 12.2. The molecule has 1 aromatic carbocycles. The summed E-state index contributed by atoms with van der Waals surface area (Å²) < 4.78 is 7.22. The first-order valence-corrected chi connectivity index (χ1v) is 7.69. The fourth-order valence-electron chi connectivity index (χ4n) is 2.43. The molecule has 0 unspecified atom stereocenters. The average molecular weight is 315 g/mol. The van der Waals surface area contributed by atoms with Gasteiger partial charge in [-0.1, -0.05) is 43.7 Å². The van der Waals surface area contributed by atoms with Gasteiger partial charge in [0, 0.05) is 18.3 Å². The summed E-state index contributed by atoms with van der Waals surface area (Å²) in [6, 6.07) is 10.8. The van der Waals surface area contributed by atoms with E-state index in [2.05, 4.69) is 0 Å². The van der Waals surface area contributed by atoms with E-state index in [-0.39, 0.29) is 18.1 Å². The first-order valence-electron chi connectivity index (χ1n) is 7.69. The van der Waals surface area contributed by atoms with Crippen LogP contribution in [0.4, 0.5) is 0 Å². The summed E-state index contributed by atoms with van der Waals surface area (Å²) in [4.78, 5) is 23.9. The van der Waals surface area contributed by atoms with Crippen LogP contribution in [0.2, 0.25) is 0 Å². The largest absolute Gasteiger partial charge is 0.482 e. The molecule has 0 atom stereocenters. The second-order valence-corrected chi connectivity index (χ2v) is 5.41. The molecule has 0 aliphatic carbocycles. The van der Waals surface area contributed by atoms with Crippen LogP contribution in [-0.2, 0) is 13.2 Å². The Bertz CT molecular complexity index is 735. The highest BCUT2D eigenvalue weighted by atomic mass is 16.5. The molecule has 5 heteroatoms. The van der Waals surface area contributed by atoms with E-state index in [1.54, 1.807) is 11.5 Å². The van der Waals surface area contributed by atoms with Crippen molar-refractivity contribution < 1.29 is 14.6 Å². The Labute approximate surface area is 135 Å². The molecule has 0 fully saturated rings. The summed E-state index contributed by atoms with van der Waals surface area (Å²) in [5.41, 5.74) is 1.04. The van der Waals surface area contributed by atoms with Crippen molar-refractivity contribution in [1.29, 1.82) is 0 Å². The van der Waals surface area contributed by atoms with Gasteiger partial charge >= 0.3 is 5.97 Å². The number of carbonyl (C=O) groups is 1. The van der Waals surface area contributed by atoms with E-state index in [9.17, 15) is 14.7 Å². The van der Waals surface area contributed by atoms with Crippen LogP contribution in [0.25, 0.3) is 0 Å². The zero-order valence-electron chi connectivity index (χ0n) is 13.4. The number of aryl methyl sites for hydroxylation is 1. The lowest BCUT2D eigenvalue weighted by atomic mass is 10.2. The van der Waals surface area contributed by atoms with Gasteiger partial charge in [0.15, 0.2) is 11.4 Å². The summed E-state index contributed by atoms with van der Waals surface area (Å²) >= 11 is 0. The third-order valence-corrected chi connectivity index (χ3v) is 3.64. The molecule has 0 spiro atoms. The molecule has 2 aromatic rings. The quantitative estimate of drug-likeness (QED) is 0.851. The Morgan fingerprint density at radius 3 is 2.57 bits per heavy atom. The van der Waals surface area contributed by atoms with Crippen LogP contribution in [0.1, 0.15) is 41.5 Å². The third kappa shape index (κ3) is 4.00. The highest BCUT2D eigenvalue weighted by Gasteiger charge is 2.21. The molecule has 5 nitrogen and oxygen atoms in total. The van der Waals surface area contributed by atoms with Gasteiger partial charge < -0.3 is 14.4 Å². The normalized spacial score (nSPS) is 10.5. The highest BCUT2D eigenvalue weighted by Crippen LogP contribution is 2.18. The molecule has 0 bridgehead atoms. The number of aromatic carboxylic acids is 1. The predicted octanol–water partition coefficient (Wildman–Crippen LogP) is 3.23. The molecular weight excluding hydrogens is 294 g/mol. The van der Waals surface area contributed by atoms with Crippen molar-refractivity contribution in [2.24, 2.45) is 0 Å². The number of unbranched alkanes of at least 4 members (excludes halogenated alkanes) is 1. The Morgan fingerprint density at radius 1 is 1.26 bits per heavy atom. The third-order valence-electron chi connectivity index (χ3n) is 3.64. The number of carboxylic acid groups (broad SMARTS) is 1. The minimum absolute atomic E-state index is 0.0700. The lowest BCUT2D eigenvalue weighted by molar-refractivity contribution is 0.0676. The van der Waals surface area contributed by atoms with Crippen molar-refractivity contribution in [3.63, 3.8) is 0 Å². The van der Waals surface area contributed by atoms with Gasteiger partial charge in [-0.3, -0.25) is 4.79 Å². The number of hydrogen-bond donors (Lipinski definition) is 1. The van der Waals surface area contributed by atoms with Crippen molar-refractivity contribution in [3.05, 3.63) is 63.6 Å². The van der Waals surface area contributed by atoms with Crippen LogP contribution in [0.5, 0.6) is 5.75 Å². The maximum atomic E-state index is 12.2. The van der Waals surface area contributed by atoms with Crippen LogP contribution >= 0.6 is 0 Å². The van der Waals surface area contributed by atoms with Gasteiger partial charge in [0.25, 0.3) is 0 Å². The molecule has 0 radical (unpaired) electrons. The fourth-order valence-corrected chi connectivity index (χ4v) is 2.43. The van der Waals surface area contributed by atoms with Gasteiger partial charge in [-0.2, -0.15) is 0 Å². The molecule has 1 aromatic heterocycles. The number of benzene rings is 1. The molecule has 0 saturated heterocycles. The van der Waals surface area contributed by atoms with Crippen LogP contribution in [0.3, 0.4) is 0 Å². The number of carboxylic acids is 1. The SMILES string of the molecule is CCCCn1c(C)cc(=O)c(OCc2ccccc2)c1C(=O)O. The van der Waals surface area contributed by atoms with Crippen LogP contribution in [0, 0.1) is 6.92 Å². The van der Waals surface area contributed by atoms with Crippen molar-refractivity contribution in [2.75, 3.05) is 0 Å². The molecule has 122 valence electrons. The molecule has 2 rings (SSSR count). The van der Waals surface area contributed by atoms with E-state index in [0.717, 1.165) is 18.4 Å². The maximum Gasteiger partial charge on any atom is 0.356 e. The van der Waals surface area contributed by atoms with Crippen LogP contribution < -0.4 is 10.2 Å². The first kappa shape index (κ1) is 16.8. The lowest BCUT2D eigenvalue weighted by Crippen LogP contribution is -2.23. The van der Waals surface area contributed by atoms with Crippen molar-refractivity contribution in [3.8, 4) is 5.75 Å². The number of pyridine rings is 1. The second-order valence-electron chi connectivity index (χ2n) is 5.41. The summed E-state index contributed by atoms with van der Waals surface area (Å²) in [6.45, 7) is 4.48. The number of hydrogen-bond acceptors (Lipinski definition) is 3. The van der Waals surface area contributed by atoms with Gasteiger partial charge in [-0.25, -0.2) is 4.79 Å². The Hall–Kier alpha value is -2.56. The Morgan fingerprint density at radius 2 is 1.96 bits per heavy atom. The number of rotatable bonds is 7. The lowest BCUT2D eigenvalue weighted by Gasteiger charge is -2.17. The van der Waals surface area contributed by atoms with Gasteiger partial charge in [0.1, 0.15) is 6.61 Å². The van der Waals surface area contributed by atoms with E-state index in [1.165, 1.54) is 6.07 Å². The van der Waals surface area contributed by atoms with Crippen LogP contribution in [0.15, 0.2) is 41.2 Å². The second kappa shape index (κ2) is 7.63. The fraction of sp³-hybridized carbons (Fsp3) is 0.333. The van der Waals surface area contributed by atoms with Crippen molar-refractivity contribution >= 4 is 5.97 Å². The van der Waals surface area contributed by atoms with E-state index in [0.29, 0.717) is 12.2 Å². The summed E-state index contributed by atoms with van der Waals surface area (Å²) in [6.07, 6.45) is 1.77. The predicted molar refractivity (Wildman–Crippen MR) is 88.1 cm³/mol. The van der Waals surface area contributed by atoms with Gasteiger partial charge in [-0.15, -0.1) is 0 Å². The van der Waals surface area contributed by atoms with Gasteiger partial charge in [-0.05, 0) is 18.9 Å². The zero-order valence-corrected chi connectivity index (χ0v) is 13.4. The van der Waals surface area contributed by atoms with E-state index >= 15 is 0 Å². The summed E-state index contributed by atoms with van der Waals surface area (Å²) in [7, 11) is 0. The molecule has 1 N–H and O–H groups in total. The molecule has 1 heterocycles. The molecular formula is C18H21NO4. The molecule has 0 amide bonds. The molecule has 0 aliphatic rings. The zero-order chi connectivity index (χ0) is 16.8. The minimum atomic E-state index is -1.15. The highest BCUT2D eigenvalue weighted by molar-refractivity contribution is 5.89. The number of ether oxygens (including phenoxy) is 1. The van der Waals surface area contributed by atoms with Crippen molar-refractivity contribution in [2.45, 2.75) is 39.8 Å². The Balaban J connectivity index is 2.40. The number of nitrogens with zero attached hydrogens (tertiary/aromatic N) is 1. The number of aromatic nitrogens is 1. The average Bonchev–Trinajstić information content (AvgIpc) is 2.53. The van der Waals surface area contributed by atoms with E-state index in [1.807, 2.05) is 37.3 Å². The van der Waals surface area contributed by atoms with Gasteiger partial charge in [0.2, 0.25) is 5.43 Å². The smallest absolute Gasteiger partial charge is 0.356 e. The topological polar surface area (TPSA) is 68.5 Å². The summed E-state index contributed by atoms with van der Waals surface area (Å²) in [5.74, 6) is -1.24. The minimum Gasteiger partial charge on any atom is -0.482 e. The Kier molecular flexibility index (Phi) is 5.57.